The van der Waals surface area contributed by atoms with Crippen molar-refractivity contribution in [1.82, 2.24) is 20.5 Å². The number of aromatic nitrogens is 1. The Morgan fingerprint density at radius 1 is 1.09 bits per heavy atom. The Kier molecular flexibility index (Phi) is 7.06. The van der Waals surface area contributed by atoms with Crippen molar-refractivity contribution in [2.75, 3.05) is 25.4 Å². The molecule has 4 N–H and O–H groups in total. The zero-order valence-electron chi connectivity index (χ0n) is 18.6. The quantitative estimate of drug-likeness (QED) is 0.597. The molecule has 1 aromatic carbocycles. The average molecular weight is 476 g/mol. The molecule has 182 valence electrons. The maximum absolute atomic E-state index is 12.8. The zero-order valence-corrected chi connectivity index (χ0v) is 18.6. The van der Waals surface area contributed by atoms with Crippen molar-refractivity contribution < 1.29 is 22.8 Å². The molecule has 1 aliphatic heterocycles. The molecule has 1 saturated carbocycles. The maximum Gasteiger partial charge on any atom is 0.416 e. The average Bonchev–Trinajstić information content (AvgIpc) is 2.80. The second-order valence-electron chi connectivity index (χ2n) is 9.00. The SMILES string of the molecule is Nc1ccc([C@H]2CC[C@@H](N3CC(NC(=O)CNC(=O)c4cccc(C(F)(F)F)c4)C3)CC2)nc1. The number of carbonyl (C=O) groups is 2. The zero-order chi connectivity index (χ0) is 24.3. The number of likely N-dealkylation sites (tertiary alicyclic amines) is 1. The molecule has 2 heterocycles. The van der Waals surface area contributed by atoms with Crippen molar-refractivity contribution in [2.45, 2.75) is 49.9 Å². The number of nitrogens with one attached hydrogen (secondary N) is 2. The smallest absolute Gasteiger partial charge is 0.397 e. The van der Waals surface area contributed by atoms with Crippen LogP contribution >= 0.6 is 0 Å². The Bertz CT molecular complexity index is 1010. The van der Waals surface area contributed by atoms with Crippen LogP contribution < -0.4 is 16.4 Å². The van der Waals surface area contributed by atoms with Crippen LogP contribution in [0.4, 0.5) is 18.9 Å². The Morgan fingerprint density at radius 3 is 2.47 bits per heavy atom. The van der Waals surface area contributed by atoms with Gasteiger partial charge >= 0.3 is 6.18 Å². The lowest BCUT2D eigenvalue weighted by Crippen LogP contribution is -2.63. The highest BCUT2D eigenvalue weighted by Gasteiger charge is 2.35. The lowest BCUT2D eigenvalue weighted by Gasteiger charge is -2.46. The van der Waals surface area contributed by atoms with Crippen LogP contribution in [-0.4, -0.2) is 53.4 Å². The van der Waals surface area contributed by atoms with Crippen LogP contribution in [0.5, 0.6) is 0 Å². The lowest BCUT2D eigenvalue weighted by atomic mass is 9.82. The van der Waals surface area contributed by atoms with Gasteiger partial charge in [-0.05, 0) is 56.0 Å². The number of pyridine rings is 1. The van der Waals surface area contributed by atoms with E-state index in [0.717, 1.165) is 56.6 Å². The molecule has 34 heavy (non-hydrogen) atoms. The molecule has 1 aromatic heterocycles. The maximum atomic E-state index is 12.8. The fraction of sp³-hybridized carbons (Fsp3) is 0.458. The molecule has 2 aromatic rings. The predicted octanol–water partition coefficient (Wildman–Crippen LogP) is 2.94. The third kappa shape index (κ3) is 5.85. The Balaban J connectivity index is 1.15. The fourth-order valence-corrected chi connectivity index (χ4v) is 4.68. The predicted molar refractivity (Wildman–Crippen MR) is 121 cm³/mol. The van der Waals surface area contributed by atoms with E-state index in [9.17, 15) is 22.8 Å². The first-order valence-electron chi connectivity index (χ1n) is 11.4. The number of halogens is 3. The molecule has 10 heteroatoms. The molecule has 0 radical (unpaired) electrons. The second kappa shape index (κ2) is 10.0. The number of nitrogens with two attached hydrogens (primary N) is 1. The molecule has 2 amide bonds. The number of anilines is 1. The highest BCUT2D eigenvalue weighted by molar-refractivity contribution is 5.96. The van der Waals surface area contributed by atoms with Gasteiger partial charge in [-0.25, -0.2) is 0 Å². The van der Waals surface area contributed by atoms with Gasteiger partial charge < -0.3 is 16.4 Å². The van der Waals surface area contributed by atoms with E-state index in [1.165, 1.54) is 12.1 Å². The van der Waals surface area contributed by atoms with Gasteiger partial charge in [-0.15, -0.1) is 0 Å². The van der Waals surface area contributed by atoms with Crippen LogP contribution in [0.2, 0.25) is 0 Å². The first kappa shape index (κ1) is 24.0. The number of hydrogen-bond donors (Lipinski definition) is 3. The first-order chi connectivity index (χ1) is 16.2. The summed E-state index contributed by atoms with van der Waals surface area (Å²) in [6.45, 7) is 1.22. The Morgan fingerprint density at radius 2 is 1.82 bits per heavy atom. The van der Waals surface area contributed by atoms with Gasteiger partial charge in [0.15, 0.2) is 0 Å². The van der Waals surface area contributed by atoms with Crippen molar-refractivity contribution in [1.29, 1.82) is 0 Å². The molecule has 2 aliphatic rings. The third-order valence-electron chi connectivity index (χ3n) is 6.58. The van der Waals surface area contributed by atoms with Gasteiger partial charge in [0.25, 0.3) is 5.91 Å². The van der Waals surface area contributed by atoms with Gasteiger partial charge in [0.2, 0.25) is 5.91 Å². The second-order valence-corrected chi connectivity index (χ2v) is 9.00. The van der Waals surface area contributed by atoms with Gasteiger partial charge in [0.05, 0.1) is 30.0 Å². The molecule has 1 aliphatic carbocycles. The number of rotatable bonds is 6. The van der Waals surface area contributed by atoms with E-state index in [1.807, 2.05) is 12.1 Å². The van der Waals surface area contributed by atoms with E-state index in [-0.39, 0.29) is 24.1 Å². The van der Waals surface area contributed by atoms with Gasteiger partial charge in [0.1, 0.15) is 0 Å². The molecule has 2 fully saturated rings. The molecule has 1 saturated heterocycles. The molecule has 4 rings (SSSR count). The van der Waals surface area contributed by atoms with Crippen LogP contribution in [0.3, 0.4) is 0 Å². The highest BCUT2D eigenvalue weighted by atomic mass is 19.4. The summed E-state index contributed by atoms with van der Waals surface area (Å²) >= 11 is 0. The summed E-state index contributed by atoms with van der Waals surface area (Å²) in [4.78, 5) is 31.1. The van der Waals surface area contributed by atoms with Gasteiger partial charge in [-0.3, -0.25) is 19.5 Å². The number of alkyl halides is 3. The van der Waals surface area contributed by atoms with Crippen LogP contribution in [0.25, 0.3) is 0 Å². The number of benzene rings is 1. The summed E-state index contributed by atoms with van der Waals surface area (Å²) < 4.78 is 38.4. The number of amides is 2. The minimum absolute atomic E-state index is 0.00875. The summed E-state index contributed by atoms with van der Waals surface area (Å²) in [5.41, 5.74) is 6.43. The van der Waals surface area contributed by atoms with E-state index in [0.29, 0.717) is 17.6 Å². The van der Waals surface area contributed by atoms with E-state index in [1.54, 1.807) is 6.20 Å². The lowest BCUT2D eigenvalue weighted by molar-refractivity contribution is -0.137. The van der Waals surface area contributed by atoms with Crippen LogP contribution in [0.1, 0.15) is 53.2 Å². The molecular weight excluding hydrogens is 447 g/mol. The summed E-state index contributed by atoms with van der Waals surface area (Å²) in [6.07, 6.45) is 1.45. The van der Waals surface area contributed by atoms with E-state index >= 15 is 0 Å². The Labute approximate surface area is 195 Å². The number of nitrogen functional groups attached to an aromatic ring is 1. The minimum atomic E-state index is -4.53. The molecule has 0 atom stereocenters. The topological polar surface area (TPSA) is 100 Å². The standard InChI is InChI=1S/C24H28F3N5O2/c25-24(26,27)17-3-1-2-16(10-17)23(34)30-12-22(33)31-19-13-32(14-19)20-7-4-15(5-8-20)21-9-6-18(28)11-29-21/h1-3,6,9-11,15,19-20H,4-5,7-8,12-14,28H2,(H,30,34)(H,31,33)/t15-,20+. The van der Waals surface area contributed by atoms with Crippen molar-refractivity contribution in [3.8, 4) is 0 Å². The van der Waals surface area contributed by atoms with Crippen molar-refractivity contribution in [3.63, 3.8) is 0 Å². The minimum Gasteiger partial charge on any atom is -0.397 e. The third-order valence-corrected chi connectivity index (χ3v) is 6.58. The van der Waals surface area contributed by atoms with Crippen LogP contribution in [0.15, 0.2) is 42.6 Å². The van der Waals surface area contributed by atoms with Crippen molar-refractivity contribution >= 4 is 17.5 Å². The monoisotopic (exact) mass is 475 g/mol. The van der Waals surface area contributed by atoms with Gasteiger partial charge in [-0.2, -0.15) is 13.2 Å². The van der Waals surface area contributed by atoms with E-state index in [4.69, 9.17) is 5.73 Å². The van der Waals surface area contributed by atoms with Crippen molar-refractivity contribution in [3.05, 3.63) is 59.4 Å². The summed E-state index contributed by atoms with van der Waals surface area (Å²) in [7, 11) is 0. The Hall–Kier alpha value is -3.14. The van der Waals surface area contributed by atoms with Gasteiger partial charge in [0, 0.05) is 36.3 Å². The summed E-state index contributed by atoms with van der Waals surface area (Å²) in [5.74, 6) is -0.624. The summed E-state index contributed by atoms with van der Waals surface area (Å²) in [5, 5.41) is 5.25. The molecule has 0 bridgehead atoms. The van der Waals surface area contributed by atoms with Crippen LogP contribution in [0, 0.1) is 0 Å². The van der Waals surface area contributed by atoms with E-state index < -0.39 is 17.6 Å². The number of carbonyl (C=O) groups excluding carboxylic acids is 2. The first-order valence-corrected chi connectivity index (χ1v) is 11.4. The number of nitrogens with zero attached hydrogens (tertiary/aromatic N) is 2. The van der Waals surface area contributed by atoms with Crippen LogP contribution in [-0.2, 0) is 11.0 Å². The van der Waals surface area contributed by atoms with E-state index in [2.05, 4.69) is 20.5 Å². The molecule has 7 nitrogen and oxygen atoms in total. The van der Waals surface area contributed by atoms with Crippen molar-refractivity contribution in [2.24, 2.45) is 0 Å². The molecular formula is C24H28F3N5O2. The number of hydrogen-bond acceptors (Lipinski definition) is 5. The largest absolute Gasteiger partial charge is 0.416 e. The normalized spacial score (nSPS) is 21.5. The molecule has 0 spiro atoms. The summed E-state index contributed by atoms with van der Waals surface area (Å²) in [6, 6.07) is 8.50. The van der Waals surface area contributed by atoms with Gasteiger partial charge in [-0.1, -0.05) is 6.07 Å². The molecule has 0 unspecified atom stereocenters. The highest BCUT2D eigenvalue weighted by Crippen LogP contribution is 2.35. The fourth-order valence-electron chi connectivity index (χ4n) is 4.68.